The average Bonchev–Trinajstić information content (AvgIpc) is 3.02. The van der Waals surface area contributed by atoms with Crippen LogP contribution in [0.15, 0.2) is 54.2 Å². The largest absolute Gasteiger partial charge is 0.478 e. The summed E-state index contributed by atoms with van der Waals surface area (Å²) in [6, 6.07) is 2.90. The maximum absolute atomic E-state index is 12.5. The summed E-state index contributed by atoms with van der Waals surface area (Å²) in [5.74, 6) is -2.81. The molecule has 0 bridgehead atoms. The molecule has 2 aromatic rings. The van der Waals surface area contributed by atoms with Gasteiger partial charge in [-0.2, -0.15) is 0 Å². The van der Waals surface area contributed by atoms with Crippen molar-refractivity contribution < 1.29 is 29.0 Å². The first-order chi connectivity index (χ1) is 13.0. The first kappa shape index (κ1) is 17.9. The monoisotopic (exact) mass is 369 g/mol. The summed E-state index contributed by atoms with van der Waals surface area (Å²) < 4.78 is 9.56. The molecule has 0 spiro atoms. The molecule has 1 aromatic heterocycles. The Morgan fingerprint density at radius 3 is 2.52 bits per heavy atom. The molecule has 0 atom stereocenters. The Morgan fingerprint density at radius 1 is 1.11 bits per heavy atom. The van der Waals surface area contributed by atoms with Crippen LogP contribution in [0.1, 0.15) is 10.4 Å². The summed E-state index contributed by atoms with van der Waals surface area (Å²) in [4.78, 5) is 44.7. The molecular weight excluding hydrogens is 354 g/mol. The summed E-state index contributed by atoms with van der Waals surface area (Å²) in [5, 5.41) is 9.64. The van der Waals surface area contributed by atoms with Gasteiger partial charge in [-0.15, -0.1) is 0 Å². The fraction of sp³-hybridized carbons (Fsp3) is 0.111. The quantitative estimate of drug-likeness (QED) is 0.782. The highest BCUT2D eigenvalue weighted by atomic mass is 16.5. The zero-order valence-electron chi connectivity index (χ0n) is 14.4. The van der Waals surface area contributed by atoms with Gasteiger partial charge in [-0.3, -0.25) is 0 Å². The molecule has 3 rings (SSSR count). The van der Waals surface area contributed by atoms with Gasteiger partial charge in [-0.1, -0.05) is 6.08 Å². The minimum Gasteiger partial charge on any atom is -0.478 e. The number of carbonyl (C=O) groups excluding carboxylic acids is 2. The van der Waals surface area contributed by atoms with Crippen LogP contribution in [-0.4, -0.2) is 47.2 Å². The predicted octanol–water partition coefficient (Wildman–Crippen LogP) is 1.75. The van der Waals surface area contributed by atoms with Crippen LogP contribution in [0.3, 0.4) is 0 Å². The number of carboxylic acids is 1. The van der Waals surface area contributed by atoms with E-state index < -0.39 is 17.9 Å². The number of allylic oxidation sites excluding steroid dienone is 2. The Kier molecular flexibility index (Phi) is 4.75. The normalized spacial score (nSPS) is 13.6. The molecule has 0 radical (unpaired) electrons. The molecule has 0 fully saturated rings. The summed E-state index contributed by atoms with van der Waals surface area (Å²) in [7, 11) is 2.34. The third-order valence-corrected chi connectivity index (χ3v) is 3.92. The molecule has 1 aromatic carbocycles. The number of carbonyl (C=O) groups is 3. The van der Waals surface area contributed by atoms with E-state index in [4.69, 9.17) is 9.47 Å². The van der Waals surface area contributed by atoms with Crippen molar-refractivity contribution in [2.75, 3.05) is 19.1 Å². The van der Waals surface area contributed by atoms with E-state index in [1.807, 2.05) is 0 Å². The lowest BCUT2D eigenvalue weighted by Crippen LogP contribution is -2.28. The molecular formula is C18H15N3O6. The second-order valence-corrected chi connectivity index (χ2v) is 5.41. The van der Waals surface area contributed by atoms with E-state index >= 15 is 0 Å². The van der Waals surface area contributed by atoms with Crippen LogP contribution >= 0.6 is 0 Å². The highest BCUT2D eigenvalue weighted by Crippen LogP contribution is 2.32. The van der Waals surface area contributed by atoms with Gasteiger partial charge in [0.2, 0.25) is 0 Å². The number of hydrogen-bond donors (Lipinski definition) is 2. The number of methoxy groups -OCH3 is 2. The first-order valence-corrected chi connectivity index (χ1v) is 7.73. The number of ether oxygens (including phenoxy) is 2. The Labute approximate surface area is 153 Å². The third-order valence-electron chi connectivity index (χ3n) is 3.92. The fourth-order valence-corrected chi connectivity index (χ4v) is 2.69. The molecule has 0 saturated carbocycles. The summed E-state index contributed by atoms with van der Waals surface area (Å²) in [6.07, 6.45) is 7.36. The van der Waals surface area contributed by atoms with Crippen LogP contribution < -0.4 is 4.90 Å². The summed E-state index contributed by atoms with van der Waals surface area (Å²) in [6.45, 7) is 0. The molecule has 0 saturated heterocycles. The van der Waals surface area contributed by atoms with Crippen molar-refractivity contribution in [1.29, 1.82) is 0 Å². The van der Waals surface area contributed by atoms with Crippen LogP contribution in [0.2, 0.25) is 0 Å². The lowest BCUT2D eigenvalue weighted by Gasteiger charge is -2.24. The van der Waals surface area contributed by atoms with Crippen molar-refractivity contribution in [1.82, 2.24) is 9.97 Å². The Morgan fingerprint density at radius 2 is 1.85 bits per heavy atom. The minimum absolute atomic E-state index is 0.0761. The van der Waals surface area contributed by atoms with Crippen molar-refractivity contribution in [3.8, 4) is 0 Å². The number of aromatic nitrogens is 2. The maximum Gasteiger partial charge on any atom is 0.355 e. The van der Waals surface area contributed by atoms with Gasteiger partial charge in [0.15, 0.2) is 0 Å². The van der Waals surface area contributed by atoms with Gasteiger partial charge in [0.1, 0.15) is 5.70 Å². The molecule has 138 valence electrons. The number of aromatic carboxylic acids is 1. The Hall–Kier alpha value is -3.88. The van der Waals surface area contributed by atoms with Gasteiger partial charge in [-0.05, 0) is 24.3 Å². The van der Waals surface area contributed by atoms with E-state index in [2.05, 4.69) is 9.97 Å². The van der Waals surface area contributed by atoms with Gasteiger partial charge in [0, 0.05) is 6.20 Å². The van der Waals surface area contributed by atoms with Crippen LogP contribution in [-0.2, 0) is 19.1 Å². The fourth-order valence-electron chi connectivity index (χ4n) is 2.69. The number of H-pyrrole nitrogens is 1. The number of nitrogens with zero attached hydrogens (tertiary/aromatic N) is 2. The van der Waals surface area contributed by atoms with E-state index in [1.54, 1.807) is 6.08 Å². The zero-order valence-corrected chi connectivity index (χ0v) is 14.4. The summed E-state index contributed by atoms with van der Waals surface area (Å²) >= 11 is 0. The smallest absolute Gasteiger partial charge is 0.355 e. The van der Waals surface area contributed by atoms with Crippen molar-refractivity contribution >= 4 is 34.6 Å². The number of anilines is 1. The van der Waals surface area contributed by atoms with Crippen molar-refractivity contribution in [3.05, 3.63) is 59.7 Å². The van der Waals surface area contributed by atoms with E-state index in [-0.39, 0.29) is 22.5 Å². The molecule has 0 amide bonds. The molecule has 27 heavy (non-hydrogen) atoms. The van der Waals surface area contributed by atoms with Crippen LogP contribution in [0, 0.1) is 0 Å². The Balaban J connectivity index is 2.31. The van der Waals surface area contributed by atoms with Gasteiger partial charge in [0.25, 0.3) is 0 Å². The predicted molar refractivity (Wildman–Crippen MR) is 94.9 cm³/mol. The number of aromatic amines is 1. The molecule has 2 heterocycles. The van der Waals surface area contributed by atoms with E-state index in [0.29, 0.717) is 11.0 Å². The van der Waals surface area contributed by atoms with Gasteiger partial charge < -0.3 is 24.5 Å². The van der Waals surface area contributed by atoms with Crippen LogP contribution in [0.4, 0.5) is 5.69 Å². The van der Waals surface area contributed by atoms with E-state index in [9.17, 15) is 19.5 Å². The first-order valence-electron chi connectivity index (χ1n) is 7.73. The van der Waals surface area contributed by atoms with Crippen molar-refractivity contribution in [2.45, 2.75) is 0 Å². The number of carboxylic acid groups (broad SMARTS) is 1. The van der Waals surface area contributed by atoms with Gasteiger partial charge in [0.05, 0.1) is 48.4 Å². The molecule has 2 N–H and O–H groups in total. The second-order valence-electron chi connectivity index (χ2n) is 5.41. The lowest BCUT2D eigenvalue weighted by molar-refractivity contribution is -0.139. The molecule has 9 nitrogen and oxygen atoms in total. The molecule has 0 unspecified atom stereocenters. The van der Waals surface area contributed by atoms with Crippen molar-refractivity contribution in [2.24, 2.45) is 0 Å². The van der Waals surface area contributed by atoms with Gasteiger partial charge >= 0.3 is 17.9 Å². The highest BCUT2D eigenvalue weighted by molar-refractivity contribution is 6.08. The third kappa shape index (κ3) is 3.17. The molecule has 1 aliphatic rings. The number of benzene rings is 1. The van der Waals surface area contributed by atoms with E-state index in [1.165, 1.54) is 48.8 Å². The molecule has 9 heteroatoms. The number of imidazole rings is 1. The zero-order chi connectivity index (χ0) is 19.6. The van der Waals surface area contributed by atoms with Gasteiger partial charge in [-0.25, -0.2) is 19.4 Å². The van der Waals surface area contributed by atoms with E-state index in [0.717, 1.165) is 7.11 Å². The number of hydrogen-bond acceptors (Lipinski definition) is 7. The van der Waals surface area contributed by atoms with Crippen LogP contribution in [0.5, 0.6) is 0 Å². The Bertz CT molecular complexity index is 1030. The lowest BCUT2D eigenvalue weighted by atomic mass is 10.1. The van der Waals surface area contributed by atoms with Crippen molar-refractivity contribution in [3.63, 3.8) is 0 Å². The van der Waals surface area contributed by atoms with Crippen LogP contribution in [0.25, 0.3) is 11.0 Å². The molecule has 0 aliphatic carbocycles. The number of rotatable bonds is 4. The molecule has 1 aliphatic heterocycles. The minimum atomic E-state index is -1.21. The number of nitrogens with one attached hydrogen (secondary N) is 1. The number of fused-ring (bicyclic) bond motifs is 1. The average molecular weight is 369 g/mol. The topological polar surface area (TPSA) is 122 Å². The number of esters is 2. The standard InChI is InChI=1S/C18H15N3O6/c1-26-17(24)10-5-3-4-6-21(15(10)18(25)27-2)14-8-13-12(19-9-20-13)7-11(14)16(22)23/h3-9H,1-2H3,(H,19,20)(H,22,23). The SMILES string of the molecule is COC(=O)C1=C(C(=O)OC)N(c2cc3nc[nH]c3cc2C(=O)O)C=CC=C1. The highest BCUT2D eigenvalue weighted by Gasteiger charge is 2.30. The maximum atomic E-state index is 12.5. The summed E-state index contributed by atoms with van der Waals surface area (Å²) in [5.41, 5.74) is 0.807. The second kappa shape index (κ2) is 7.16.